The average Bonchev–Trinajstić information content (AvgIpc) is 3.00. The van der Waals surface area contributed by atoms with Crippen LogP contribution in [-0.4, -0.2) is 45.2 Å². The summed E-state index contributed by atoms with van der Waals surface area (Å²) in [5.74, 6) is 1.37. The molecule has 0 atom stereocenters. The Morgan fingerprint density at radius 3 is 2.31 bits per heavy atom. The van der Waals surface area contributed by atoms with E-state index >= 15 is 0 Å². The van der Waals surface area contributed by atoms with Gasteiger partial charge in [-0.15, -0.1) is 24.0 Å². The summed E-state index contributed by atoms with van der Waals surface area (Å²) in [6.45, 7) is 1.81. The van der Waals surface area contributed by atoms with E-state index in [1.807, 2.05) is 18.2 Å². The van der Waals surface area contributed by atoms with Gasteiger partial charge in [0.05, 0.1) is 18.8 Å². The zero-order valence-electron chi connectivity index (χ0n) is 17.3. The van der Waals surface area contributed by atoms with E-state index in [4.69, 9.17) is 9.47 Å². The zero-order chi connectivity index (χ0) is 22.3. The number of anilines is 1. The molecule has 0 aromatic heterocycles. The van der Waals surface area contributed by atoms with Crippen LogP contribution in [0.1, 0.15) is 22.3 Å². The Morgan fingerprint density at radius 2 is 1.66 bits per heavy atom. The van der Waals surface area contributed by atoms with E-state index in [2.05, 4.69) is 20.9 Å². The summed E-state index contributed by atoms with van der Waals surface area (Å²) >= 11 is 0. The molecule has 2 aromatic carbocycles. The molecule has 1 aliphatic rings. The number of hydrogen-bond acceptors (Lipinski definition) is 4. The van der Waals surface area contributed by atoms with Crippen molar-refractivity contribution in [2.24, 2.45) is 4.99 Å². The first-order valence-electron chi connectivity index (χ1n) is 9.69. The van der Waals surface area contributed by atoms with Gasteiger partial charge in [-0.05, 0) is 36.4 Å². The molecule has 1 amide bonds. The number of aliphatic imine (C=N–C) groups is 1. The van der Waals surface area contributed by atoms with E-state index in [1.165, 1.54) is 0 Å². The molecule has 0 fully saturated rings. The number of rotatable bonds is 5. The molecule has 3 rings (SSSR count). The molecule has 0 saturated heterocycles. The molecule has 1 heterocycles. The van der Waals surface area contributed by atoms with Crippen LogP contribution in [0.2, 0.25) is 0 Å². The number of nitrogens with one attached hydrogen (secondary N) is 3. The molecule has 1 aliphatic heterocycles. The predicted molar refractivity (Wildman–Crippen MR) is 126 cm³/mol. The Labute approximate surface area is 200 Å². The van der Waals surface area contributed by atoms with Crippen molar-refractivity contribution in [3.8, 4) is 11.5 Å². The monoisotopic (exact) mass is 564 g/mol. The van der Waals surface area contributed by atoms with Gasteiger partial charge in [-0.2, -0.15) is 13.2 Å². The van der Waals surface area contributed by atoms with E-state index in [0.29, 0.717) is 37.2 Å². The number of alkyl halides is 3. The highest BCUT2D eigenvalue weighted by atomic mass is 127. The van der Waals surface area contributed by atoms with E-state index in [0.717, 1.165) is 36.4 Å². The highest BCUT2D eigenvalue weighted by Gasteiger charge is 2.30. The Morgan fingerprint density at radius 1 is 1.00 bits per heavy atom. The molecule has 0 radical (unpaired) electrons. The van der Waals surface area contributed by atoms with Crippen molar-refractivity contribution in [1.82, 2.24) is 10.6 Å². The largest absolute Gasteiger partial charge is 0.490 e. The number of benzene rings is 2. The third-order valence-corrected chi connectivity index (χ3v) is 4.41. The number of hydrogen-bond donors (Lipinski definition) is 3. The number of carbonyl (C=O) groups excluding carboxylic acids is 1. The standard InChI is InChI=1S/C21H23F3N4O3.HI/c1-25-20(28-16-7-8-17-18(13-16)31-12-2-11-30-17)27-10-9-26-19(29)14-3-5-15(6-4-14)21(22,23)24;/h3-8,13H,2,9-12H2,1H3,(H,26,29)(H2,25,27,28);1H. The summed E-state index contributed by atoms with van der Waals surface area (Å²) < 4.78 is 49.1. The van der Waals surface area contributed by atoms with Crippen molar-refractivity contribution in [2.45, 2.75) is 12.6 Å². The molecular formula is C21H24F3IN4O3. The molecule has 11 heteroatoms. The Hall–Kier alpha value is -2.70. The van der Waals surface area contributed by atoms with Crippen molar-refractivity contribution in [3.05, 3.63) is 53.6 Å². The van der Waals surface area contributed by atoms with Gasteiger partial charge in [0.15, 0.2) is 17.5 Å². The summed E-state index contributed by atoms with van der Waals surface area (Å²) in [4.78, 5) is 16.2. The summed E-state index contributed by atoms with van der Waals surface area (Å²) in [7, 11) is 1.61. The van der Waals surface area contributed by atoms with Crippen molar-refractivity contribution < 1.29 is 27.4 Å². The number of guanidine groups is 1. The van der Waals surface area contributed by atoms with Gasteiger partial charge in [0, 0.05) is 43.9 Å². The number of nitrogens with zero attached hydrogens (tertiary/aromatic N) is 1. The lowest BCUT2D eigenvalue weighted by Crippen LogP contribution is -2.37. The van der Waals surface area contributed by atoms with Crippen LogP contribution in [-0.2, 0) is 6.18 Å². The number of amides is 1. The van der Waals surface area contributed by atoms with Crippen LogP contribution in [0, 0.1) is 0 Å². The van der Waals surface area contributed by atoms with Crippen LogP contribution in [0.3, 0.4) is 0 Å². The topological polar surface area (TPSA) is 84.0 Å². The first-order valence-corrected chi connectivity index (χ1v) is 9.69. The fraction of sp³-hybridized carbons (Fsp3) is 0.333. The molecule has 0 bridgehead atoms. The van der Waals surface area contributed by atoms with Crippen LogP contribution >= 0.6 is 24.0 Å². The fourth-order valence-corrected chi connectivity index (χ4v) is 2.83. The highest BCUT2D eigenvalue weighted by molar-refractivity contribution is 14.0. The van der Waals surface area contributed by atoms with Crippen LogP contribution < -0.4 is 25.4 Å². The van der Waals surface area contributed by atoms with Gasteiger partial charge in [0.25, 0.3) is 5.91 Å². The Balaban J connectivity index is 0.00000363. The summed E-state index contributed by atoms with van der Waals surface area (Å²) in [5, 5.41) is 8.82. The van der Waals surface area contributed by atoms with E-state index < -0.39 is 17.6 Å². The highest BCUT2D eigenvalue weighted by Crippen LogP contribution is 2.32. The number of halogens is 4. The van der Waals surface area contributed by atoms with Crippen LogP contribution in [0.15, 0.2) is 47.5 Å². The number of carbonyl (C=O) groups is 1. The number of fused-ring (bicyclic) bond motifs is 1. The minimum absolute atomic E-state index is 0. The lowest BCUT2D eigenvalue weighted by atomic mass is 10.1. The first-order chi connectivity index (χ1) is 14.9. The molecule has 174 valence electrons. The third kappa shape index (κ3) is 7.18. The predicted octanol–water partition coefficient (Wildman–Crippen LogP) is 3.90. The second-order valence-corrected chi connectivity index (χ2v) is 6.67. The van der Waals surface area contributed by atoms with Gasteiger partial charge in [-0.25, -0.2) is 0 Å². The minimum atomic E-state index is -4.43. The molecular weight excluding hydrogens is 540 g/mol. The second kappa shape index (κ2) is 11.8. The molecule has 0 unspecified atom stereocenters. The summed E-state index contributed by atoms with van der Waals surface area (Å²) in [6, 6.07) is 9.54. The van der Waals surface area contributed by atoms with E-state index in [9.17, 15) is 18.0 Å². The molecule has 2 aromatic rings. The molecule has 7 nitrogen and oxygen atoms in total. The SMILES string of the molecule is CN=C(NCCNC(=O)c1ccc(C(F)(F)F)cc1)Nc1ccc2c(c1)OCCCO2.I. The molecule has 0 aliphatic carbocycles. The number of ether oxygens (including phenoxy) is 2. The molecule has 0 spiro atoms. The van der Waals surface area contributed by atoms with E-state index in [-0.39, 0.29) is 36.1 Å². The smallest absolute Gasteiger partial charge is 0.416 e. The summed E-state index contributed by atoms with van der Waals surface area (Å²) in [6.07, 6.45) is -3.61. The van der Waals surface area contributed by atoms with Crippen LogP contribution in [0.4, 0.5) is 18.9 Å². The van der Waals surface area contributed by atoms with Crippen molar-refractivity contribution in [2.75, 3.05) is 38.7 Å². The van der Waals surface area contributed by atoms with Crippen LogP contribution in [0.25, 0.3) is 0 Å². The quantitative estimate of drug-likeness (QED) is 0.222. The molecule has 3 N–H and O–H groups in total. The lowest BCUT2D eigenvalue weighted by Gasteiger charge is -2.14. The summed E-state index contributed by atoms with van der Waals surface area (Å²) in [5.41, 5.74) is 0.115. The van der Waals surface area contributed by atoms with Gasteiger partial charge < -0.3 is 25.4 Å². The maximum Gasteiger partial charge on any atom is 0.416 e. The van der Waals surface area contributed by atoms with Gasteiger partial charge in [-0.3, -0.25) is 9.79 Å². The maximum absolute atomic E-state index is 12.6. The van der Waals surface area contributed by atoms with Crippen molar-refractivity contribution >= 4 is 41.5 Å². The minimum Gasteiger partial charge on any atom is -0.490 e. The lowest BCUT2D eigenvalue weighted by molar-refractivity contribution is -0.137. The zero-order valence-corrected chi connectivity index (χ0v) is 19.6. The Bertz CT molecular complexity index is 937. The van der Waals surface area contributed by atoms with Crippen molar-refractivity contribution in [3.63, 3.8) is 0 Å². The second-order valence-electron chi connectivity index (χ2n) is 6.67. The van der Waals surface area contributed by atoms with Gasteiger partial charge in [0.1, 0.15) is 0 Å². The molecule has 32 heavy (non-hydrogen) atoms. The van der Waals surface area contributed by atoms with Crippen LogP contribution in [0.5, 0.6) is 11.5 Å². The average molecular weight is 564 g/mol. The molecule has 0 saturated carbocycles. The van der Waals surface area contributed by atoms with Gasteiger partial charge in [0.2, 0.25) is 0 Å². The van der Waals surface area contributed by atoms with Gasteiger partial charge in [-0.1, -0.05) is 0 Å². The van der Waals surface area contributed by atoms with E-state index in [1.54, 1.807) is 7.05 Å². The third-order valence-electron chi connectivity index (χ3n) is 4.41. The van der Waals surface area contributed by atoms with Gasteiger partial charge >= 0.3 is 6.18 Å². The van der Waals surface area contributed by atoms with Crippen molar-refractivity contribution in [1.29, 1.82) is 0 Å². The Kier molecular flexibility index (Phi) is 9.42. The fourth-order valence-electron chi connectivity index (χ4n) is 2.83. The normalized spacial score (nSPS) is 13.4. The maximum atomic E-state index is 12.6. The first kappa shape index (κ1) is 25.6.